The van der Waals surface area contributed by atoms with Gasteiger partial charge in [0.1, 0.15) is 0 Å². The smallest absolute Gasteiger partial charge is 0.147 e. The Hall–Kier alpha value is -0.0617. The molecule has 2 rings (SSSR count). The first kappa shape index (κ1) is 16.0. The Balaban J connectivity index is 0.00000162. The van der Waals surface area contributed by atoms with Crippen LogP contribution in [0.1, 0.15) is 40.5 Å². The molecule has 0 amide bonds. The van der Waals surface area contributed by atoms with Gasteiger partial charge in [-0.05, 0) is 0 Å². The van der Waals surface area contributed by atoms with Crippen LogP contribution < -0.4 is 0 Å². The molecule has 0 nitrogen and oxygen atoms in total. The largest absolute Gasteiger partial charge is 0.147 e. The molecule has 0 aliphatic heterocycles. The van der Waals surface area contributed by atoms with Crippen molar-refractivity contribution in [2.75, 3.05) is 0 Å². The summed E-state index contributed by atoms with van der Waals surface area (Å²) in [7, 11) is 0. The first-order valence-electron chi connectivity index (χ1n) is 6.56. The summed E-state index contributed by atoms with van der Waals surface area (Å²) in [5.74, 6) is 1.42. The molecule has 0 aromatic carbocycles. The molecule has 2 aliphatic rings. The minimum absolute atomic E-state index is 0. The predicted octanol–water partition coefficient (Wildman–Crippen LogP) is 5.23. The number of allylic oxidation sites excluding steroid dienone is 8. The van der Waals surface area contributed by atoms with E-state index in [1.165, 1.54) is 12.8 Å². The summed E-state index contributed by atoms with van der Waals surface area (Å²) >= 11 is -0.458. The molecule has 0 fully saturated rings. The summed E-state index contributed by atoms with van der Waals surface area (Å²) < 4.78 is 3.63. The quantitative estimate of drug-likeness (QED) is 0.568. The van der Waals surface area contributed by atoms with Gasteiger partial charge < -0.3 is 0 Å². The average molecular weight is 435 g/mol. The molecule has 0 N–H and O–H groups in total. The van der Waals surface area contributed by atoms with Gasteiger partial charge in [-0.2, -0.15) is 0 Å². The summed E-state index contributed by atoms with van der Waals surface area (Å²) in [6.07, 6.45) is 12.0. The average Bonchev–Trinajstić information content (AvgIpc) is 2.86. The zero-order valence-electron chi connectivity index (χ0n) is 11.7. The van der Waals surface area contributed by atoms with Gasteiger partial charge in [-0.25, -0.2) is 0 Å². The second-order valence-electron chi connectivity index (χ2n) is 5.38. The molecule has 0 aromatic rings. The van der Waals surface area contributed by atoms with Gasteiger partial charge in [0.15, 0.2) is 0 Å². The van der Waals surface area contributed by atoms with Crippen LogP contribution in [-0.4, -0.2) is 0 Å². The summed E-state index contributed by atoms with van der Waals surface area (Å²) in [5.41, 5.74) is 3.30. The SMILES string of the molecule is CC(C)C1=[C]([W][C]2=C(C(C)C)C=CC2)CC=C1.Cl. The maximum absolute atomic E-state index is 2.37. The van der Waals surface area contributed by atoms with Crippen LogP contribution in [0.25, 0.3) is 0 Å². The fourth-order valence-electron chi connectivity index (χ4n) is 2.39. The van der Waals surface area contributed by atoms with Gasteiger partial charge in [-0.15, -0.1) is 12.4 Å². The minimum atomic E-state index is -0.458. The van der Waals surface area contributed by atoms with Gasteiger partial charge in [0, 0.05) is 0 Å². The summed E-state index contributed by atoms with van der Waals surface area (Å²) in [6.45, 7) is 9.31. The second-order valence-corrected chi connectivity index (χ2v) is 9.66. The van der Waals surface area contributed by atoms with E-state index in [2.05, 4.69) is 52.0 Å². The van der Waals surface area contributed by atoms with Crippen LogP contribution in [0.15, 0.2) is 43.4 Å². The molecule has 0 saturated heterocycles. The third-order valence-electron chi connectivity index (χ3n) is 3.34. The summed E-state index contributed by atoms with van der Waals surface area (Å²) in [5, 5.41) is 0. The van der Waals surface area contributed by atoms with Crippen LogP contribution in [0, 0.1) is 11.8 Å². The van der Waals surface area contributed by atoms with E-state index in [9.17, 15) is 0 Å². The van der Waals surface area contributed by atoms with Crippen LogP contribution in [-0.2, 0) is 18.6 Å². The normalized spacial score (nSPS) is 18.6. The fourth-order valence-corrected chi connectivity index (χ4v) is 7.77. The monoisotopic (exact) mass is 434 g/mol. The first-order valence-corrected chi connectivity index (χ1v) is 9.50. The van der Waals surface area contributed by atoms with Crippen molar-refractivity contribution in [3.05, 3.63) is 43.4 Å². The van der Waals surface area contributed by atoms with Crippen LogP contribution in [0.4, 0.5) is 0 Å². The molecule has 2 aliphatic carbocycles. The second kappa shape index (κ2) is 6.92. The first-order chi connectivity index (χ1) is 8.09. The standard InChI is InChI=1S/2C8H11.ClH.W/c2*1-7(2)8-5-3-4-6-8;;/h2*3,5,7H,4H2,1-2H3;1H;. The maximum atomic E-state index is 2.37. The van der Waals surface area contributed by atoms with Crippen molar-refractivity contribution >= 4 is 12.4 Å². The van der Waals surface area contributed by atoms with Crippen molar-refractivity contribution < 1.29 is 18.6 Å². The third kappa shape index (κ3) is 3.49. The van der Waals surface area contributed by atoms with Gasteiger partial charge in [0.25, 0.3) is 0 Å². The molecular formula is C16H23ClW. The van der Waals surface area contributed by atoms with E-state index < -0.39 is 18.6 Å². The molecule has 100 valence electrons. The topological polar surface area (TPSA) is 0 Å². The molecule has 0 radical (unpaired) electrons. The number of halogens is 1. The number of hydrogen-bond donors (Lipinski definition) is 0. The van der Waals surface area contributed by atoms with Crippen LogP contribution in [0.3, 0.4) is 0 Å². The zero-order chi connectivity index (χ0) is 12.4. The molecule has 0 atom stereocenters. The van der Waals surface area contributed by atoms with Crippen molar-refractivity contribution in [1.82, 2.24) is 0 Å². The van der Waals surface area contributed by atoms with E-state index in [1.807, 2.05) is 7.93 Å². The Labute approximate surface area is 126 Å². The van der Waals surface area contributed by atoms with Gasteiger partial charge in [0.2, 0.25) is 0 Å². The Bertz CT molecular complexity index is 382. The van der Waals surface area contributed by atoms with E-state index in [0.29, 0.717) is 11.8 Å². The van der Waals surface area contributed by atoms with Crippen LogP contribution in [0.5, 0.6) is 0 Å². The molecule has 0 saturated carbocycles. The van der Waals surface area contributed by atoms with Crippen molar-refractivity contribution in [3.8, 4) is 0 Å². The van der Waals surface area contributed by atoms with Crippen LogP contribution >= 0.6 is 12.4 Å². The van der Waals surface area contributed by atoms with E-state index in [0.717, 1.165) is 0 Å². The van der Waals surface area contributed by atoms with Crippen molar-refractivity contribution in [2.45, 2.75) is 40.5 Å². The van der Waals surface area contributed by atoms with E-state index in [1.54, 1.807) is 11.1 Å². The molecular weight excluding hydrogens is 411 g/mol. The Morgan fingerprint density at radius 3 is 1.56 bits per heavy atom. The fraction of sp³-hybridized carbons (Fsp3) is 0.500. The summed E-state index contributed by atoms with van der Waals surface area (Å²) in [4.78, 5) is 0. The molecule has 0 heterocycles. The minimum Gasteiger partial charge on any atom is -0.147 e. The molecule has 18 heavy (non-hydrogen) atoms. The van der Waals surface area contributed by atoms with Gasteiger partial charge in [-0.1, -0.05) is 0 Å². The van der Waals surface area contributed by atoms with Crippen molar-refractivity contribution in [1.29, 1.82) is 0 Å². The third-order valence-corrected chi connectivity index (χ3v) is 8.00. The van der Waals surface area contributed by atoms with E-state index >= 15 is 0 Å². The number of hydrogen-bond acceptors (Lipinski definition) is 0. The van der Waals surface area contributed by atoms with Gasteiger partial charge >= 0.3 is 114 Å². The van der Waals surface area contributed by atoms with Gasteiger partial charge in [0.05, 0.1) is 0 Å². The number of rotatable bonds is 4. The molecule has 0 spiro atoms. The maximum Gasteiger partial charge on any atom is -0.147 e. The predicted molar refractivity (Wildman–Crippen MR) is 78.5 cm³/mol. The molecule has 0 unspecified atom stereocenters. The van der Waals surface area contributed by atoms with Crippen molar-refractivity contribution in [3.63, 3.8) is 0 Å². The molecule has 0 bridgehead atoms. The van der Waals surface area contributed by atoms with Crippen LogP contribution in [0.2, 0.25) is 0 Å². The van der Waals surface area contributed by atoms with E-state index in [4.69, 9.17) is 0 Å². The van der Waals surface area contributed by atoms with Crippen molar-refractivity contribution in [2.24, 2.45) is 11.8 Å². The Morgan fingerprint density at radius 1 is 0.833 bits per heavy atom. The summed E-state index contributed by atoms with van der Waals surface area (Å²) in [6, 6.07) is 0. The molecule has 2 heteroatoms. The Morgan fingerprint density at radius 2 is 1.22 bits per heavy atom. The Kier molecular flexibility index (Phi) is 6.15. The molecule has 0 aromatic heterocycles. The zero-order valence-corrected chi connectivity index (χ0v) is 15.4. The van der Waals surface area contributed by atoms with Gasteiger partial charge in [-0.3, -0.25) is 0 Å². The van der Waals surface area contributed by atoms with E-state index in [-0.39, 0.29) is 12.4 Å².